The predicted octanol–water partition coefficient (Wildman–Crippen LogP) is 2.96. The number of aromatic nitrogens is 2. The van der Waals surface area contributed by atoms with Gasteiger partial charge in [0.25, 0.3) is 5.82 Å². The van der Waals surface area contributed by atoms with Crippen LogP contribution in [0, 0.1) is 19.1 Å². The van der Waals surface area contributed by atoms with E-state index in [0.29, 0.717) is 11.5 Å². The normalized spacial score (nSPS) is 20.3. The lowest BCUT2D eigenvalue weighted by atomic mass is 10.1. The van der Waals surface area contributed by atoms with Gasteiger partial charge in [-0.05, 0) is 19.3 Å². The van der Waals surface area contributed by atoms with Gasteiger partial charge >= 0.3 is 0 Å². The summed E-state index contributed by atoms with van der Waals surface area (Å²) in [7, 11) is 0. The third kappa shape index (κ3) is 2.09. The molecule has 0 amide bonds. The van der Waals surface area contributed by atoms with Gasteiger partial charge in [0.05, 0.1) is 0 Å². The maximum atomic E-state index is 12.3. The van der Waals surface area contributed by atoms with E-state index < -0.39 is 0 Å². The number of nitrogens with zero attached hydrogens (tertiary/aromatic N) is 3. The van der Waals surface area contributed by atoms with Crippen LogP contribution >= 0.6 is 0 Å². The molecule has 1 unspecified atom stereocenters. The molecule has 1 fully saturated rings. The van der Waals surface area contributed by atoms with E-state index in [-0.39, 0.29) is 6.04 Å². The second kappa shape index (κ2) is 5.24. The minimum absolute atomic E-state index is 0.0286. The fourth-order valence-corrected chi connectivity index (χ4v) is 3.30. The third-order valence-corrected chi connectivity index (χ3v) is 4.31. The average molecular weight is 285 g/mol. The Kier molecular flexibility index (Phi) is 3.41. The third-order valence-electron chi connectivity index (χ3n) is 4.31. The maximum Gasteiger partial charge on any atom is 0.257 e. The number of rotatable bonds is 2. The molecule has 0 aliphatic heterocycles. The monoisotopic (exact) mass is 285 g/mol. The van der Waals surface area contributed by atoms with Crippen LogP contribution in [0.15, 0.2) is 35.5 Å². The first-order chi connectivity index (χ1) is 10.1. The van der Waals surface area contributed by atoms with Crippen molar-refractivity contribution in [3.63, 3.8) is 0 Å². The van der Waals surface area contributed by atoms with Gasteiger partial charge in [-0.2, -0.15) is 0 Å². The summed E-state index contributed by atoms with van der Waals surface area (Å²) < 4.78 is 3.00. The molecule has 1 N–H and O–H groups in total. The highest BCUT2D eigenvalue weighted by atomic mass is 16.5. The first-order valence-electron chi connectivity index (χ1n) is 7.22. The summed E-state index contributed by atoms with van der Waals surface area (Å²) in [5.74, 6) is 0.638. The van der Waals surface area contributed by atoms with Crippen LogP contribution in [0.1, 0.15) is 36.8 Å². The molecule has 2 aromatic rings. The van der Waals surface area contributed by atoms with E-state index in [1.165, 1.54) is 0 Å². The molecule has 0 bridgehead atoms. The van der Waals surface area contributed by atoms with Crippen molar-refractivity contribution in [2.75, 3.05) is 0 Å². The zero-order valence-corrected chi connectivity index (χ0v) is 12.3. The number of hydrogen-bond donors (Lipinski definition) is 1. The molecule has 1 atom stereocenters. The van der Waals surface area contributed by atoms with Gasteiger partial charge in [-0.25, -0.2) is 9.30 Å². The van der Waals surface area contributed by atoms with Crippen molar-refractivity contribution in [3.8, 4) is 11.3 Å². The van der Waals surface area contributed by atoms with Crippen LogP contribution in [0.4, 0.5) is 0 Å². The van der Waals surface area contributed by atoms with Gasteiger partial charge in [-0.3, -0.25) is 0 Å². The molecule has 5 heteroatoms. The van der Waals surface area contributed by atoms with Crippen LogP contribution in [0.25, 0.3) is 11.3 Å². The quantitative estimate of drug-likeness (QED) is 0.399. The summed E-state index contributed by atoms with van der Waals surface area (Å²) in [6.07, 6.45) is 2.66. The largest absolute Gasteiger partial charge is 0.711 e. The lowest BCUT2D eigenvalue weighted by Crippen LogP contribution is -2.32. The zero-order chi connectivity index (χ0) is 15.0. The molecule has 1 aromatic carbocycles. The molecule has 110 valence electrons. The minimum Gasteiger partial charge on any atom is -0.711 e. The highest BCUT2D eigenvalue weighted by Gasteiger charge is 2.35. The molecule has 1 heterocycles. The van der Waals surface area contributed by atoms with Crippen LogP contribution in [-0.2, 0) is 0 Å². The molecule has 0 spiro atoms. The standard InChI is InChI=1S/C16H19N3O2/c1-11-16(13-7-4-3-5-8-13)18(12(2)19(11)21)15-10-6-9-14(15)17-20/h3-5,7-8,15,20H,6,9-10H2,1-2H3/b17-14+. The predicted molar refractivity (Wildman–Crippen MR) is 80.4 cm³/mol. The van der Waals surface area contributed by atoms with Gasteiger partial charge in [-0.1, -0.05) is 35.5 Å². The Balaban J connectivity index is 2.23. The van der Waals surface area contributed by atoms with Gasteiger partial charge in [0.1, 0.15) is 11.8 Å². The van der Waals surface area contributed by atoms with Crippen LogP contribution < -0.4 is 4.73 Å². The SMILES string of the molecule is Cc1c(-c2ccccc2)n(C2CCC/C2=N\O)c(C)[n+]1[O-]. The van der Waals surface area contributed by atoms with Crippen LogP contribution in [0.5, 0.6) is 0 Å². The molecule has 5 nitrogen and oxygen atoms in total. The Labute approximate surface area is 123 Å². The molecule has 0 saturated heterocycles. The van der Waals surface area contributed by atoms with Gasteiger partial charge in [0.15, 0.2) is 11.4 Å². The molecule has 1 aromatic heterocycles. The van der Waals surface area contributed by atoms with E-state index >= 15 is 0 Å². The summed E-state index contributed by atoms with van der Waals surface area (Å²) in [5.41, 5.74) is 3.36. The molecule has 0 radical (unpaired) electrons. The Hall–Kier alpha value is -2.30. The fourth-order valence-electron chi connectivity index (χ4n) is 3.30. The first kappa shape index (κ1) is 13.7. The van der Waals surface area contributed by atoms with Crippen molar-refractivity contribution in [1.82, 2.24) is 4.57 Å². The summed E-state index contributed by atoms with van der Waals surface area (Å²) in [4.78, 5) is 0. The second-order valence-corrected chi connectivity index (χ2v) is 5.51. The van der Waals surface area contributed by atoms with E-state index in [2.05, 4.69) is 5.16 Å². The average Bonchev–Trinajstić information content (AvgIpc) is 3.06. The van der Waals surface area contributed by atoms with Crippen molar-refractivity contribution in [1.29, 1.82) is 0 Å². The van der Waals surface area contributed by atoms with E-state index in [9.17, 15) is 10.4 Å². The molecular weight excluding hydrogens is 266 g/mol. The highest BCUT2D eigenvalue weighted by molar-refractivity contribution is 5.90. The van der Waals surface area contributed by atoms with Crippen molar-refractivity contribution >= 4 is 5.71 Å². The summed E-state index contributed by atoms with van der Waals surface area (Å²) in [5, 5.41) is 25.0. The van der Waals surface area contributed by atoms with E-state index in [4.69, 9.17) is 0 Å². The Morgan fingerprint density at radius 3 is 2.67 bits per heavy atom. The molecule has 1 aliphatic rings. The van der Waals surface area contributed by atoms with Crippen LogP contribution in [0.3, 0.4) is 0 Å². The Morgan fingerprint density at radius 1 is 1.29 bits per heavy atom. The molecule has 1 aliphatic carbocycles. The van der Waals surface area contributed by atoms with Gasteiger partial charge < -0.3 is 10.4 Å². The highest BCUT2D eigenvalue weighted by Crippen LogP contribution is 2.34. The number of hydrogen-bond acceptors (Lipinski definition) is 3. The molecular formula is C16H19N3O2. The lowest BCUT2D eigenvalue weighted by Gasteiger charge is -2.12. The number of benzene rings is 1. The topological polar surface area (TPSA) is 64.5 Å². The molecule has 1 saturated carbocycles. The number of oxime groups is 1. The summed E-state index contributed by atoms with van der Waals surface area (Å²) in [6, 6.07) is 9.87. The van der Waals surface area contributed by atoms with Gasteiger partial charge in [0.2, 0.25) is 0 Å². The first-order valence-corrected chi connectivity index (χ1v) is 7.22. The smallest absolute Gasteiger partial charge is 0.257 e. The van der Waals surface area contributed by atoms with Crippen molar-refractivity contribution in [2.45, 2.75) is 39.2 Å². The minimum atomic E-state index is -0.0286. The summed E-state index contributed by atoms with van der Waals surface area (Å²) in [6.45, 7) is 3.66. The Bertz CT molecular complexity index is 689. The fraction of sp³-hybridized carbons (Fsp3) is 0.375. The van der Waals surface area contributed by atoms with Crippen molar-refractivity contribution in [2.24, 2.45) is 5.16 Å². The Morgan fingerprint density at radius 2 is 2.00 bits per heavy atom. The van der Waals surface area contributed by atoms with Crippen LogP contribution in [0.2, 0.25) is 0 Å². The molecule has 3 rings (SSSR count). The van der Waals surface area contributed by atoms with Crippen molar-refractivity contribution < 1.29 is 9.94 Å². The maximum absolute atomic E-state index is 12.3. The van der Waals surface area contributed by atoms with Crippen molar-refractivity contribution in [3.05, 3.63) is 47.1 Å². The van der Waals surface area contributed by atoms with E-state index in [1.807, 2.05) is 48.7 Å². The van der Waals surface area contributed by atoms with E-state index in [0.717, 1.165) is 41.0 Å². The zero-order valence-electron chi connectivity index (χ0n) is 12.3. The number of imidazole rings is 1. The van der Waals surface area contributed by atoms with Crippen LogP contribution in [-0.4, -0.2) is 15.5 Å². The lowest BCUT2D eigenvalue weighted by molar-refractivity contribution is -0.618. The molecule has 21 heavy (non-hydrogen) atoms. The van der Waals surface area contributed by atoms with Gasteiger partial charge in [-0.15, -0.1) is 0 Å². The second-order valence-electron chi connectivity index (χ2n) is 5.51. The summed E-state index contributed by atoms with van der Waals surface area (Å²) >= 11 is 0. The van der Waals surface area contributed by atoms with Gasteiger partial charge in [0, 0.05) is 19.4 Å². The van der Waals surface area contributed by atoms with E-state index in [1.54, 1.807) is 0 Å².